The Balaban J connectivity index is 4.02. The summed E-state index contributed by atoms with van der Waals surface area (Å²) in [5.74, 6) is -0.822. The first-order valence-corrected chi connectivity index (χ1v) is 27.5. The van der Waals surface area contributed by atoms with Crippen molar-refractivity contribution < 1.29 is 37.6 Å². The molecule has 0 fully saturated rings. The lowest BCUT2D eigenvalue weighted by Gasteiger charge is -2.19. The Labute approximate surface area is 382 Å². The van der Waals surface area contributed by atoms with Crippen LogP contribution in [0, 0.1) is 0 Å². The van der Waals surface area contributed by atoms with E-state index in [1.165, 1.54) is 161 Å². The fraction of sp³-hybridized carbons (Fsp3) is 0.846. The zero-order chi connectivity index (χ0) is 45.3. The molecule has 0 aromatic heterocycles. The molecule has 3 N–H and O–H groups in total. The summed E-state index contributed by atoms with van der Waals surface area (Å²) in [7, 11) is -4.38. The molecule has 0 saturated carbocycles. The summed E-state index contributed by atoms with van der Waals surface area (Å²) in [6.07, 6.45) is 56.1. The second kappa shape index (κ2) is 48.7. The van der Waals surface area contributed by atoms with Gasteiger partial charge < -0.3 is 20.1 Å². The molecule has 364 valence electrons. The second-order valence-electron chi connectivity index (χ2n) is 17.4. The third-order valence-electron chi connectivity index (χ3n) is 11.3. The van der Waals surface area contributed by atoms with E-state index in [-0.39, 0.29) is 38.6 Å². The largest absolute Gasteiger partial charge is 0.472 e. The first kappa shape index (κ1) is 60.2. The summed E-state index contributed by atoms with van der Waals surface area (Å²) in [6, 6.07) is 0. The summed E-state index contributed by atoms with van der Waals surface area (Å²) in [4.78, 5) is 35.0. The number of phosphoric acid groups is 1. The highest BCUT2D eigenvalue weighted by atomic mass is 31.2. The minimum Gasteiger partial charge on any atom is -0.462 e. The number of phosphoric ester groups is 1. The number of unbranched alkanes of at least 4 members (excludes halogenated alkanes) is 30. The average molecular weight is 896 g/mol. The average Bonchev–Trinajstić information content (AvgIpc) is 3.26. The molecule has 0 heterocycles. The van der Waals surface area contributed by atoms with Crippen molar-refractivity contribution in [2.45, 2.75) is 258 Å². The molecular weight excluding hydrogens is 798 g/mol. The Bertz CT molecular complexity index is 1110. The van der Waals surface area contributed by atoms with Crippen LogP contribution in [-0.2, 0) is 32.7 Å². The van der Waals surface area contributed by atoms with E-state index in [1.54, 1.807) is 0 Å². The Morgan fingerprint density at radius 2 is 0.839 bits per heavy atom. The molecule has 0 rings (SSSR count). The van der Waals surface area contributed by atoms with E-state index in [2.05, 4.69) is 50.3 Å². The van der Waals surface area contributed by atoms with Crippen LogP contribution >= 0.6 is 7.82 Å². The maximum Gasteiger partial charge on any atom is 0.472 e. The van der Waals surface area contributed by atoms with Crippen LogP contribution in [0.5, 0.6) is 0 Å². The van der Waals surface area contributed by atoms with Gasteiger partial charge in [-0.2, -0.15) is 0 Å². The lowest BCUT2D eigenvalue weighted by Crippen LogP contribution is -2.29. The first-order valence-electron chi connectivity index (χ1n) is 26.0. The first-order chi connectivity index (χ1) is 30.3. The molecule has 0 aliphatic heterocycles. The Hall–Kier alpha value is -1.77. The molecule has 10 heteroatoms. The van der Waals surface area contributed by atoms with Crippen LogP contribution in [0.4, 0.5) is 0 Å². The molecule has 0 amide bonds. The van der Waals surface area contributed by atoms with Crippen molar-refractivity contribution in [2.75, 3.05) is 26.4 Å². The number of nitrogens with two attached hydrogens (primary N) is 1. The fourth-order valence-corrected chi connectivity index (χ4v) is 8.17. The predicted octanol–water partition coefficient (Wildman–Crippen LogP) is 15.7. The van der Waals surface area contributed by atoms with Crippen LogP contribution in [0.25, 0.3) is 0 Å². The molecule has 62 heavy (non-hydrogen) atoms. The third kappa shape index (κ3) is 47.7. The molecule has 0 spiro atoms. The molecule has 2 atom stereocenters. The van der Waals surface area contributed by atoms with Crippen molar-refractivity contribution in [1.29, 1.82) is 0 Å². The summed E-state index contributed by atoms with van der Waals surface area (Å²) in [5, 5.41) is 0. The maximum atomic E-state index is 12.7. The van der Waals surface area contributed by atoms with E-state index in [0.717, 1.165) is 57.8 Å². The van der Waals surface area contributed by atoms with Crippen molar-refractivity contribution >= 4 is 19.8 Å². The van der Waals surface area contributed by atoms with Crippen LogP contribution in [0.15, 0.2) is 36.5 Å². The SMILES string of the molecule is CCCCCCC/C=C\C/C=C\C/C=C\CCCCCCCCCCCCC(=O)OC(COC(=O)CCCCCCCCCCCCCCCCCC)COP(=O)(O)OCCN. The number of allylic oxidation sites excluding steroid dienone is 6. The van der Waals surface area contributed by atoms with Gasteiger partial charge in [0, 0.05) is 19.4 Å². The minimum atomic E-state index is -4.38. The maximum absolute atomic E-state index is 12.7. The topological polar surface area (TPSA) is 134 Å². The predicted molar refractivity (Wildman–Crippen MR) is 261 cm³/mol. The number of carbonyl (C=O) groups is 2. The van der Waals surface area contributed by atoms with Gasteiger partial charge in [-0.1, -0.05) is 224 Å². The Morgan fingerprint density at radius 1 is 0.484 bits per heavy atom. The third-order valence-corrected chi connectivity index (χ3v) is 12.3. The van der Waals surface area contributed by atoms with Gasteiger partial charge in [-0.15, -0.1) is 0 Å². The molecule has 0 aliphatic rings. The molecule has 0 aromatic carbocycles. The molecule has 2 unspecified atom stereocenters. The lowest BCUT2D eigenvalue weighted by molar-refractivity contribution is -0.161. The van der Waals surface area contributed by atoms with Crippen molar-refractivity contribution in [3.63, 3.8) is 0 Å². The smallest absolute Gasteiger partial charge is 0.462 e. The number of carbonyl (C=O) groups excluding carboxylic acids is 2. The number of rotatable bonds is 49. The Kier molecular flexibility index (Phi) is 47.3. The highest BCUT2D eigenvalue weighted by Crippen LogP contribution is 2.43. The minimum absolute atomic E-state index is 0.0537. The van der Waals surface area contributed by atoms with Crippen molar-refractivity contribution in [3.8, 4) is 0 Å². The summed E-state index contributed by atoms with van der Waals surface area (Å²) < 4.78 is 32.9. The highest BCUT2D eigenvalue weighted by Gasteiger charge is 2.26. The van der Waals surface area contributed by atoms with Gasteiger partial charge in [0.05, 0.1) is 13.2 Å². The molecule has 0 radical (unpaired) electrons. The summed E-state index contributed by atoms with van der Waals surface area (Å²) in [5.41, 5.74) is 5.37. The Morgan fingerprint density at radius 3 is 1.24 bits per heavy atom. The van der Waals surface area contributed by atoms with Crippen LogP contribution < -0.4 is 5.73 Å². The van der Waals surface area contributed by atoms with E-state index in [9.17, 15) is 19.0 Å². The molecule has 9 nitrogen and oxygen atoms in total. The number of hydrogen-bond acceptors (Lipinski definition) is 8. The molecular formula is C52H98NO8P. The van der Waals surface area contributed by atoms with Crippen molar-refractivity contribution in [1.82, 2.24) is 0 Å². The summed E-state index contributed by atoms with van der Waals surface area (Å²) in [6.45, 7) is 3.76. The molecule has 0 bridgehead atoms. The van der Waals surface area contributed by atoms with Crippen LogP contribution in [0.1, 0.15) is 251 Å². The standard InChI is InChI=1S/C52H98NO8P/c1-3-5-7-9-11-13-15-17-19-21-22-23-24-25-26-27-28-29-31-33-35-37-39-41-43-45-52(55)61-50(49-60-62(56,57)59-47-46-53)48-58-51(54)44-42-40-38-36-34-32-30-20-18-16-14-12-10-8-6-4-2/h15,17,21-22,24-25,50H,3-14,16,18-20,23,26-49,53H2,1-2H3,(H,56,57)/b17-15-,22-21-,25-24-. The van der Waals surface area contributed by atoms with Crippen LogP contribution in [-0.4, -0.2) is 49.3 Å². The van der Waals surface area contributed by atoms with Crippen LogP contribution in [0.2, 0.25) is 0 Å². The highest BCUT2D eigenvalue weighted by molar-refractivity contribution is 7.47. The van der Waals surface area contributed by atoms with Crippen molar-refractivity contribution in [2.24, 2.45) is 5.73 Å². The number of esters is 2. The quantitative estimate of drug-likeness (QED) is 0.0265. The van der Waals surface area contributed by atoms with Gasteiger partial charge in [-0.25, -0.2) is 4.57 Å². The van der Waals surface area contributed by atoms with E-state index < -0.39 is 26.5 Å². The second-order valence-corrected chi connectivity index (χ2v) is 18.9. The van der Waals surface area contributed by atoms with E-state index in [1.807, 2.05) is 0 Å². The van der Waals surface area contributed by atoms with Gasteiger partial charge in [0.2, 0.25) is 0 Å². The molecule has 0 aliphatic carbocycles. The van der Waals surface area contributed by atoms with Gasteiger partial charge in [0.1, 0.15) is 6.61 Å². The monoisotopic (exact) mass is 896 g/mol. The van der Waals surface area contributed by atoms with Crippen LogP contribution in [0.3, 0.4) is 0 Å². The fourth-order valence-electron chi connectivity index (χ4n) is 7.41. The van der Waals surface area contributed by atoms with Gasteiger partial charge in [0.25, 0.3) is 0 Å². The number of hydrogen-bond donors (Lipinski definition) is 2. The normalized spacial score (nSPS) is 13.4. The van der Waals surface area contributed by atoms with Gasteiger partial charge in [-0.3, -0.25) is 18.6 Å². The van der Waals surface area contributed by atoms with E-state index in [0.29, 0.717) is 6.42 Å². The zero-order valence-corrected chi connectivity index (χ0v) is 41.3. The lowest BCUT2D eigenvalue weighted by atomic mass is 10.0. The van der Waals surface area contributed by atoms with Gasteiger partial charge in [0.15, 0.2) is 6.10 Å². The molecule has 0 aromatic rings. The zero-order valence-electron chi connectivity index (χ0n) is 40.4. The van der Waals surface area contributed by atoms with Gasteiger partial charge >= 0.3 is 19.8 Å². The van der Waals surface area contributed by atoms with Crippen molar-refractivity contribution in [3.05, 3.63) is 36.5 Å². The number of ether oxygens (including phenoxy) is 2. The molecule has 0 saturated heterocycles. The summed E-state index contributed by atoms with van der Waals surface area (Å²) >= 11 is 0. The van der Waals surface area contributed by atoms with Gasteiger partial charge in [-0.05, 0) is 51.4 Å². The van der Waals surface area contributed by atoms with E-state index in [4.69, 9.17) is 24.3 Å². The van der Waals surface area contributed by atoms with E-state index >= 15 is 0 Å².